The molecule has 2 amide bonds. The van der Waals surface area contributed by atoms with Crippen LogP contribution in [-0.2, 0) is 24.3 Å². The van der Waals surface area contributed by atoms with E-state index in [2.05, 4.69) is 32.3 Å². The number of hydrogen-bond donors (Lipinski definition) is 1. The molecular formula is C33H31FN6O2. The summed E-state index contributed by atoms with van der Waals surface area (Å²) in [6.45, 7) is 3.03. The second-order valence-electron chi connectivity index (χ2n) is 12.2. The van der Waals surface area contributed by atoms with Crippen molar-refractivity contribution in [1.29, 1.82) is 0 Å². The Morgan fingerprint density at radius 1 is 1.00 bits per heavy atom. The van der Waals surface area contributed by atoms with Crippen LogP contribution in [0.15, 0.2) is 67.1 Å². The first-order chi connectivity index (χ1) is 20.5. The number of benzene rings is 2. The first-order valence-corrected chi connectivity index (χ1v) is 14.7. The van der Waals surface area contributed by atoms with Crippen LogP contribution in [0.1, 0.15) is 59.0 Å². The molecule has 1 spiro atoms. The first kappa shape index (κ1) is 25.2. The minimum atomic E-state index is -1.01. The Morgan fingerprint density at radius 2 is 1.83 bits per heavy atom. The van der Waals surface area contributed by atoms with Crippen molar-refractivity contribution in [3.63, 3.8) is 0 Å². The van der Waals surface area contributed by atoms with Crippen molar-refractivity contribution in [1.82, 2.24) is 19.4 Å². The Morgan fingerprint density at radius 3 is 2.57 bits per heavy atom. The van der Waals surface area contributed by atoms with E-state index < -0.39 is 17.8 Å². The molecule has 1 N–H and O–H groups in total. The van der Waals surface area contributed by atoms with Crippen LogP contribution < -0.4 is 10.2 Å². The Bertz CT molecular complexity index is 1700. The molecule has 2 fully saturated rings. The highest BCUT2D eigenvalue weighted by Crippen LogP contribution is 2.49. The molecule has 2 aromatic carbocycles. The van der Waals surface area contributed by atoms with Gasteiger partial charge in [-0.15, -0.1) is 0 Å². The van der Waals surface area contributed by atoms with Gasteiger partial charge in [-0.3, -0.25) is 9.59 Å². The van der Waals surface area contributed by atoms with Gasteiger partial charge in [0.05, 0.1) is 18.6 Å². The third-order valence-electron chi connectivity index (χ3n) is 9.57. The second-order valence-corrected chi connectivity index (χ2v) is 12.2. The van der Waals surface area contributed by atoms with Gasteiger partial charge in [-0.1, -0.05) is 24.6 Å². The van der Waals surface area contributed by atoms with E-state index >= 15 is 4.39 Å². The molecule has 5 heterocycles. The normalized spacial score (nSPS) is 18.8. The topological polar surface area (TPSA) is 83.4 Å². The number of anilines is 2. The lowest BCUT2D eigenvalue weighted by molar-refractivity contribution is -0.121. The van der Waals surface area contributed by atoms with E-state index in [0.29, 0.717) is 28.1 Å². The van der Waals surface area contributed by atoms with E-state index in [1.165, 1.54) is 35.9 Å². The smallest absolute Gasteiger partial charge is 0.255 e. The van der Waals surface area contributed by atoms with Crippen LogP contribution in [0.3, 0.4) is 0 Å². The summed E-state index contributed by atoms with van der Waals surface area (Å²) < 4.78 is 17.7. The Labute approximate surface area is 243 Å². The Kier molecular flexibility index (Phi) is 5.70. The highest BCUT2D eigenvalue weighted by atomic mass is 19.1. The lowest BCUT2D eigenvalue weighted by Gasteiger charge is -2.57. The van der Waals surface area contributed by atoms with Gasteiger partial charge in [0.1, 0.15) is 11.6 Å². The maximum absolute atomic E-state index is 15.6. The number of imidazole rings is 1. The number of rotatable bonds is 6. The van der Waals surface area contributed by atoms with Gasteiger partial charge in [0.15, 0.2) is 6.04 Å². The maximum Gasteiger partial charge on any atom is 0.255 e. The van der Waals surface area contributed by atoms with E-state index in [1.54, 1.807) is 36.8 Å². The molecule has 1 saturated carbocycles. The average molecular weight is 563 g/mol. The molecule has 2 aromatic heterocycles. The fourth-order valence-corrected chi connectivity index (χ4v) is 7.14. The van der Waals surface area contributed by atoms with Crippen molar-refractivity contribution in [2.75, 3.05) is 23.3 Å². The summed E-state index contributed by atoms with van der Waals surface area (Å²) in [6, 6.07) is 15.6. The molecule has 9 heteroatoms. The number of fused-ring (bicyclic) bond motifs is 2. The highest BCUT2D eigenvalue weighted by Gasteiger charge is 2.47. The molecular weight excluding hydrogens is 531 g/mol. The van der Waals surface area contributed by atoms with Gasteiger partial charge in [-0.2, -0.15) is 0 Å². The van der Waals surface area contributed by atoms with Crippen LogP contribution in [0.25, 0.3) is 11.1 Å². The highest BCUT2D eigenvalue weighted by molar-refractivity contribution is 6.04. The quantitative estimate of drug-likeness (QED) is 0.342. The van der Waals surface area contributed by atoms with Gasteiger partial charge < -0.3 is 19.7 Å². The number of carbonyl (C=O) groups excluding carboxylic acids is 2. The SMILES string of the molecule is O=C(Nc1ccccn1)C(c1ncn2c1CCC2)N1Cc2c(F)cc(-c3ccc(N4CC5(CCC5)C4)cc3)cc2C1=O. The molecule has 4 aromatic rings. The van der Waals surface area contributed by atoms with Gasteiger partial charge in [0.25, 0.3) is 11.8 Å². The summed E-state index contributed by atoms with van der Waals surface area (Å²) in [7, 11) is 0. The van der Waals surface area contributed by atoms with Crippen molar-refractivity contribution in [3.05, 3.63) is 95.5 Å². The first-order valence-electron chi connectivity index (χ1n) is 14.7. The second kappa shape index (κ2) is 9.51. The molecule has 212 valence electrons. The molecule has 1 unspecified atom stereocenters. The van der Waals surface area contributed by atoms with E-state index in [4.69, 9.17) is 0 Å². The summed E-state index contributed by atoms with van der Waals surface area (Å²) in [5.74, 6) is -0.870. The zero-order chi connectivity index (χ0) is 28.4. The standard InChI is InChI=1S/C33H31FN6O2/c34-26-16-22(21-7-9-23(10-8-21)39-18-33(19-39)11-4-12-33)15-24-25(26)17-40(32(24)42)30(29-27-5-3-14-38(27)20-36-29)31(41)37-28-6-1-2-13-35-28/h1-2,6-10,13,15-16,20,30H,3-5,11-12,14,17-19H2,(H,35,37,41). The fraction of sp³-hybridized carbons (Fsp3) is 0.333. The summed E-state index contributed by atoms with van der Waals surface area (Å²) in [5, 5.41) is 2.84. The van der Waals surface area contributed by atoms with Crippen LogP contribution in [-0.4, -0.2) is 44.3 Å². The summed E-state index contributed by atoms with van der Waals surface area (Å²) >= 11 is 0. The number of aromatic nitrogens is 3. The van der Waals surface area contributed by atoms with E-state index in [-0.39, 0.29) is 18.0 Å². The van der Waals surface area contributed by atoms with Crippen molar-refractivity contribution < 1.29 is 14.0 Å². The summed E-state index contributed by atoms with van der Waals surface area (Å²) in [6.07, 6.45) is 9.03. The maximum atomic E-state index is 15.6. The van der Waals surface area contributed by atoms with Crippen molar-refractivity contribution in [3.8, 4) is 11.1 Å². The van der Waals surface area contributed by atoms with Gasteiger partial charge in [0, 0.05) is 53.8 Å². The van der Waals surface area contributed by atoms with E-state index in [1.807, 2.05) is 16.7 Å². The molecule has 8 nitrogen and oxygen atoms in total. The summed E-state index contributed by atoms with van der Waals surface area (Å²) in [4.78, 5) is 40.3. The van der Waals surface area contributed by atoms with Gasteiger partial charge in [-0.05, 0) is 73.2 Å². The van der Waals surface area contributed by atoms with Crippen LogP contribution in [0, 0.1) is 11.2 Å². The molecule has 1 atom stereocenters. The average Bonchev–Trinajstić information content (AvgIpc) is 3.65. The Hall–Kier alpha value is -4.53. The molecule has 1 aliphatic carbocycles. The number of pyridine rings is 1. The number of aryl methyl sites for hydroxylation is 1. The number of hydrogen-bond acceptors (Lipinski definition) is 5. The fourth-order valence-electron chi connectivity index (χ4n) is 7.14. The third kappa shape index (κ3) is 4.01. The van der Waals surface area contributed by atoms with Crippen LogP contribution in [0.2, 0.25) is 0 Å². The van der Waals surface area contributed by atoms with Gasteiger partial charge in [-0.25, -0.2) is 14.4 Å². The molecule has 4 aliphatic rings. The van der Waals surface area contributed by atoms with Crippen molar-refractivity contribution in [2.45, 2.75) is 51.2 Å². The Balaban J connectivity index is 1.09. The molecule has 0 radical (unpaired) electrons. The summed E-state index contributed by atoms with van der Waals surface area (Å²) in [5.41, 5.74) is 5.27. The number of nitrogens with zero attached hydrogens (tertiary/aromatic N) is 5. The lowest BCUT2D eigenvalue weighted by atomic mass is 9.63. The minimum Gasteiger partial charge on any atom is -0.370 e. The number of carbonyl (C=O) groups is 2. The number of halogens is 1. The number of nitrogens with one attached hydrogen (secondary N) is 1. The van der Waals surface area contributed by atoms with E-state index in [0.717, 1.165) is 43.7 Å². The molecule has 0 bridgehead atoms. The molecule has 8 rings (SSSR count). The molecule has 1 saturated heterocycles. The van der Waals surface area contributed by atoms with Crippen LogP contribution >= 0.6 is 0 Å². The van der Waals surface area contributed by atoms with Crippen molar-refractivity contribution >= 4 is 23.3 Å². The molecule has 3 aliphatic heterocycles. The largest absolute Gasteiger partial charge is 0.370 e. The third-order valence-corrected chi connectivity index (χ3v) is 9.57. The van der Waals surface area contributed by atoms with Gasteiger partial charge >= 0.3 is 0 Å². The van der Waals surface area contributed by atoms with Gasteiger partial charge in [0.2, 0.25) is 0 Å². The van der Waals surface area contributed by atoms with Crippen LogP contribution in [0.5, 0.6) is 0 Å². The van der Waals surface area contributed by atoms with E-state index in [9.17, 15) is 9.59 Å². The molecule has 42 heavy (non-hydrogen) atoms. The zero-order valence-electron chi connectivity index (χ0n) is 23.2. The van der Waals surface area contributed by atoms with Crippen molar-refractivity contribution in [2.24, 2.45) is 5.41 Å². The zero-order valence-corrected chi connectivity index (χ0v) is 23.2. The predicted octanol–water partition coefficient (Wildman–Crippen LogP) is 5.36. The predicted molar refractivity (Wildman–Crippen MR) is 156 cm³/mol. The monoisotopic (exact) mass is 562 g/mol. The van der Waals surface area contributed by atoms with Crippen LogP contribution in [0.4, 0.5) is 15.9 Å². The minimum absolute atomic E-state index is 0.0114. The number of amides is 2. The lowest BCUT2D eigenvalue weighted by Crippen LogP contribution is -2.59.